The summed E-state index contributed by atoms with van der Waals surface area (Å²) in [6.45, 7) is 1.84. The first-order chi connectivity index (χ1) is 8.75. The lowest BCUT2D eigenvalue weighted by Gasteiger charge is -2.21. The molecule has 2 aliphatic rings. The fourth-order valence-electron chi connectivity index (χ4n) is 3.41. The first-order valence-electron chi connectivity index (χ1n) is 6.85. The highest BCUT2D eigenvalue weighted by atomic mass is 16.2. The Bertz CT molecular complexity index is 419. The van der Waals surface area contributed by atoms with E-state index in [2.05, 4.69) is 0 Å². The number of nitrogens with two attached hydrogens (primary N) is 1. The van der Waals surface area contributed by atoms with Crippen molar-refractivity contribution in [2.45, 2.75) is 25.3 Å². The molecule has 1 heterocycles. The Morgan fingerprint density at radius 3 is 2.39 bits per heavy atom. The minimum absolute atomic E-state index is 0.0931. The van der Waals surface area contributed by atoms with Crippen molar-refractivity contribution in [1.29, 1.82) is 0 Å². The molecule has 3 rings (SSSR count). The number of amides is 1. The van der Waals surface area contributed by atoms with Crippen LogP contribution >= 0.6 is 0 Å². The van der Waals surface area contributed by atoms with Crippen LogP contribution < -0.4 is 5.73 Å². The zero-order chi connectivity index (χ0) is 12.5. The van der Waals surface area contributed by atoms with E-state index in [0.717, 1.165) is 30.5 Å². The molecule has 0 radical (unpaired) electrons. The predicted molar refractivity (Wildman–Crippen MR) is 70.8 cm³/mol. The molecular weight excluding hydrogens is 224 g/mol. The van der Waals surface area contributed by atoms with E-state index in [1.807, 2.05) is 35.2 Å². The van der Waals surface area contributed by atoms with Crippen molar-refractivity contribution < 1.29 is 4.79 Å². The zero-order valence-electron chi connectivity index (χ0n) is 10.6. The number of carbonyl (C=O) groups is 1. The van der Waals surface area contributed by atoms with Crippen molar-refractivity contribution in [3.63, 3.8) is 0 Å². The third kappa shape index (κ3) is 2.03. The second-order valence-corrected chi connectivity index (χ2v) is 5.58. The molecule has 2 N–H and O–H groups in total. The Morgan fingerprint density at radius 1 is 1.17 bits per heavy atom. The Morgan fingerprint density at radius 2 is 1.78 bits per heavy atom. The van der Waals surface area contributed by atoms with Gasteiger partial charge in [0, 0.05) is 13.1 Å². The summed E-state index contributed by atoms with van der Waals surface area (Å²) < 4.78 is 0. The number of hydrogen-bond donors (Lipinski definition) is 1. The molecule has 3 atom stereocenters. The third-order valence-corrected chi connectivity index (χ3v) is 4.46. The van der Waals surface area contributed by atoms with Gasteiger partial charge >= 0.3 is 0 Å². The van der Waals surface area contributed by atoms with E-state index < -0.39 is 6.04 Å². The highest BCUT2D eigenvalue weighted by Gasteiger charge is 2.39. The van der Waals surface area contributed by atoms with Crippen LogP contribution in [0.25, 0.3) is 0 Å². The number of likely N-dealkylation sites (tertiary alicyclic amines) is 1. The van der Waals surface area contributed by atoms with Crippen LogP contribution in [0.2, 0.25) is 0 Å². The summed E-state index contributed by atoms with van der Waals surface area (Å²) in [5.41, 5.74) is 6.99. The Labute approximate surface area is 108 Å². The van der Waals surface area contributed by atoms with Gasteiger partial charge in [-0.2, -0.15) is 0 Å². The highest BCUT2D eigenvalue weighted by molar-refractivity contribution is 5.83. The van der Waals surface area contributed by atoms with Gasteiger partial charge in [-0.05, 0) is 30.2 Å². The summed E-state index contributed by atoms with van der Waals surface area (Å²) in [5.74, 6) is 1.56. The van der Waals surface area contributed by atoms with Gasteiger partial charge in [-0.1, -0.05) is 36.8 Å². The second-order valence-electron chi connectivity index (χ2n) is 5.58. The Kier molecular flexibility index (Phi) is 3.08. The molecule has 96 valence electrons. The summed E-state index contributed by atoms with van der Waals surface area (Å²) in [5, 5.41) is 0. The van der Waals surface area contributed by atoms with Crippen molar-refractivity contribution in [2.24, 2.45) is 17.6 Å². The molecule has 18 heavy (non-hydrogen) atoms. The lowest BCUT2D eigenvalue weighted by Crippen LogP contribution is -2.37. The number of carbonyl (C=O) groups excluding carboxylic acids is 1. The van der Waals surface area contributed by atoms with Gasteiger partial charge in [0.2, 0.25) is 5.91 Å². The van der Waals surface area contributed by atoms with Crippen LogP contribution in [-0.4, -0.2) is 23.9 Å². The molecule has 0 spiro atoms. The van der Waals surface area contributed by atoms with Gasteiger partial charge in [0.05, 0.1) is 0 Å². The molecule has 1 aromatic rings. The van der Waals surface area contributed by atoms with E-state index in [1.165, 1.54) is 19.3 Å². The van der Waals surface area contributed by atoms with Crippen molar-refractivity contribution >= 4 is 5.91 Å². The molecule has 1 aliphatic carbocycles. The van der Waals surface area contributed by atoms with Gasteiger partial charge in [0.1, 0.15) is 6.04 Å². The average molecular weight is 244 g/mol. The van der Waals surface area contributed by atoms with Crippen LogP contribution in [0.5, 0.6) is 0 Å². The third-order valence-electron chi connectivity index (χ3n) is 4.46. The minimum atomic E-state index is -0.495. The number of fused-ring (bicyclic) bond motifs is 1. The molecule has 1 saturated heterocycles. The average Bonchev–Trinajstić information content (AvgIpc) is 2.99. The van der Waals surface area contributed by atoms with Gasteiger partial charge in [-0.15, -0.1) is 0 Å². The van der Waals surface area contributed by atoms with E-state index in [-0.39, 0.29) is 5.91 Å². The largest absolute Gasteiger partial charge is 0.340 e. The van der Waals surface area contributed by atoms with Crippen LogP contribution in [0, 0.1) is 11.8 Å². The van der Waals surface area contributed by atoms with E-state index >= 15 is 0 Å². The highest BCUT2D eigenvalue weighted by Crippen LogP contribution is 2.38. The molecule has 1 amide bonds. The van der Waals surface area contributed by atoms with Crippen LogP contribution in [0.1, 0.15) is 30.9 Å². The molecule has 2 fully saturated rings. The van der Waals surface area contributed by atoms with Gasteiger partial charge in [-0.3, -0.25) is 4.79 Å². The zero-order valence-corrected chi connectivity index (χ0v) is 10.6. The van der Waals surface area contributed by atoms with Crippen molar-refractivity contribution in [3.05, 3.63) is 35.9 Å². The molecule has 1 saturated carbocycles. The molecule has 3 heteroatoms. The van der Waals surface area contributed by atoms with Crippen LogP contribution in [-0.2, 0) is 4.79 Å². The van der Waals surface area contributed by atoms with Crippen LogP contribution in [0.4, 0.5) is 0 Å². The monoisotopic (exact) mass is 244 g/mol. The SMILES string of the molecule is N[C@H](C(=O)N1CC2CCCC2C1)c1ccccc1. The molecule has 1 aromatic carbocycles. The van der Waals surface area contributed by atoms with E-state index in [4.69, 9.17) is 5.73 Å². The summed E-state index contributed by atoms with van der Waals surface area (Å²) >= 11 is 0. The Balaban J connectivity index is 1.68. The standard InChI is InChI=1S/C15H20N2O/c16-14(11-5-2-1-3-6-11)15(18)17-9-12-7-4-8-13(12)10-17/h1-3,5-6,12-14H,4,7-10,16H2/t12?,13?,14-/m0/s1. The summed E-state index contributed by atoms with van der Waals surface area (Å²) in [6.07, 6.45) is 3.91. The quantitative estimate of drug-likeness (QED) is 0.864. The van der Waals surface area contributed by atoms with Crippen LogP contribution in [0.15, 0.2) is 30.3 Å². The number of rotatable bonds is 2. The molecule has 0 bridgehead atoms. The maximum atomic E-state index is 12.4. The summed E-state index contributed by atoms with van der Waals surface area (Å²) in [7, 11) is 0. The van der Waals surface area contributed by atoms with Gasteiger partial charge < -0.3 is 10.6 Å². The topological polar surface area (TPSA) is 46.3 Å². The lowest BCUT2D eigenvalue weighted by molar-refractivity contribution is -0.132. The maximum absolute atomic E-state index is 12.4. The Hall–Kier alpha value is -1.35. The molecular formula is C15H20N2O. The molecule has 0 aromatic heterocycles. The number of benzene rings is 1. The summed E-state index contributed by atoms with van der Waals surface area (Å²) in [4.78, 5) is 14.4. The summed E-state index contributed by atoms with van der Waals surface area (Å²) in [6, 6.07) is 9.17. The van der Waals surface area contributed by atoms with Crippen molar-refractivity contribution in [2.75, 3.05) is 13.1 Å². The van der Waals surface area contributed by atoms with E-state index in [0.29, 0.717) is 0 Å². The first kappa shape index (κ1) is 11.7. The fourth-order valence-corrected chi connectivity index (χ4v) is 3.41. The molecule has 2 unspecified atom stereocenters. The van der Waals surface area contributed by atoms with E-state index in [1.54, 1.807) is 0 Å². The number of hydrogen-bond acceptors (Lipinski definition) is 2. The van der Waals surface area contributed by atoms with Crippen molar-refractivity contribution in [1.82, 2.24) is 4.90 Å². The van der Waals surface area contributed by atoms with Crippen molar-refractivity contribution in [3.8, 4) is 0 Å². The van der Waals surface area contributed by atoms with E-state index in [9.17, 15) is 4.79 Å². The maximum Gasteiger partial charge on any atom is 0.244 e. The smallest absolute Gasteiger partial charge is 0.244 e. The second kappa shape index (κ2) is 4.73. The van der Waals surface area contributed by atoms with Gasteiger partial charge in [0.15, 0.2) is 0 Å². The number of nitrogens with zero attached hydrogens (tertiary/aromatic N) is 1. The lowest BCUT2D eigenvalue weighted by atomic mass is 10.0. The molecule has 1 aliphatic heterocycles. The minimum Gasteiger partial charge on any atom is -0.340 e. The van der Waals surface area contributed by atoms with Crippen LogP contribution in [0.3, 0.4) is 0 Å². The predicted octanol–water partition coefficient (Wildman–Crippen LogP) is 1.94. The molecule has 3 nitrogen and oxygen atoms in total. The van der Waals surface area contributed by atoms with Gasteiger partial charge in [0.25, 0.3) is 0 Å². The fraction of sp³-hybridized carbons (Fsp3) is 0.533. The normalized spacial score (nSPS) is 28.2. The first-order valence-corrected chi connectivity index (χ1v) is 6.85. The van der Waals surface area contributed by atoms with Gasteiger partial charge in [-0.25, -0.2) is 0 Å².